The summed E-state index contributed by atoms with van der Waals surface area (Å²) in [7, 11) is 5.08. The van der Waals surface area contributed by atoms with E-state index < -0.39 is 37.7 Å². The molecule has 1 unspecified atom stereocenters. The SMILES string of the molecule is COc1ccc(C(OCC2=C(OP(OCCC#N)N(C(C)C)C(C)C)C[C@H](n3cc(-c4cccn4C(=O)OC(C)(C)C)c(N=C(C)N(C)C)nc3=O)O2)(c2ccccc2)c2ccc(OC)cc2)cc1. The van der Waals surface area contributed by atoms with Gasteiger partial charge in [0.15, 0.2) is 23.6 Å². The average molecular weight is 962 g/mol. The van der Waals surface area contributed by atoms with E-state index in [9.17, 15) is 14.9 Å². The number of nitriles is 1. The molecule has 5 aromatic rings. The number of methoxy groups -OCH3 is 2. The van der Waals surface area contributed by atoms with E-state index >= 15 is 0 Å². The lowest BCUT2D eigenvalue weighted by Gasteiger charge is -2.36. The first-order chi connectivity index (χ1) is 32.9. The fraction of sp³-hybridized carbons (Fsp3) is 0.404. The van der Waals surface area contributed by atoms with Crippen LogP contribution in [0.2, 0.25) is 0 Å². The minimum Gasteiger partial charge on any atom is -0.497 e. The smallest absolute Gasteiger partial charge is 0.418 e. The van der Waals surface area contributed by atoms with Gasteiger partial charge in [0, 0.05) is 38.6 Å². The highest BCUT2D eigenvalue weighted by molar-refractivity contribution is 7.44. The maximum atomic E-state index is 14.4. The summed E-state index contributed by atoms with van der Waals surface area (Å²) < 4.78 is 49.3. The monoisotopic (exact) mass is 961 g/mol. The van der Waals surface area contributed by atoms with Gasteiger partial charge in [-0.25, -0.2) is 19.3 Å². The zero-order valence-electron chi connectivity index (χ0n) is 41.6. The maximum absolute atomic E-state index is 14.4. The third-order valence-corrected chi connectivity index (χ3v) is 13.2. The van der Waals surface area contributed by atoms with Crippen LogP contribution in [-0.2, 0) is 28.9 Å². The first-order valence-electron chi connectivity index (χ1n) is 22.8. The Hall–Kier alpha value is -6.50. The highest BCUT2D eigenvalue weighted by Gasteiger charge is 2.41. The van der Waals surface area contributed by atoms with E-state index in [0.29, 0.717) is 40.1 Å². The molecule has 1 aliphatic heterocycles. The molecule has 0 radical (unpaired) electrons. The number of rotatable bonds is 19. The maximum Gasteiger partial charge on any atom is 0.418 e. The molecule has 3 aromatic carbocycles. The number of carbonyl (C=O) groups is 1. The van der Waals surface area contributed by atoms with Crippen molar-refractivity contribution in [3.8, 4) is 28.8 Å². The van der Waals surface area contributed by atoms with E-state index in [4.69, 9.17) is 37.7 Å². The van der Waals surface area contributed by atoms with Crippen LogP contribution in [0.4, 0.5) is 10.6 Å². The number of nitrogens with zero attached hydrogens (tertiary/aromatic N) is 7. The second-order valence-electron chi connectivity index (χ2n) is 18.0. The molecule has 3 heterocycles. The molecular formula is C52H64N7O9P. The third-order valence-electron chi connectivity index (χ3n) is 11.2. The molecule has 0 fully saturated rings. The van der Waals surface area contributed by atoms with Crippen LogP contribution in [0, 0.1) is 11.3 Å². The van der Waals surface area contributed by atoms with Crippen molar-refractivity contribution in [3.05, 3.63) is 142 Å². The molecule has 2 atom stereocenters. The van der Waals surface area contributed by atoms with Crippen LogP contribution in [0.15, 0.2) is 125 Å². The lowest BCUT2D eigenvalue weighted by molar-refractivity contribution is -0.0132. The molecule has 0 saturated heterocycles. The third kappa shape index (κ3) is 12.2. The molecule has 69 heavy (non-hydrogen) atoms. The minimum absolute atomic E-state index is 0.0122. The van der Waals surface area contributed by atoms with Gasteiger partial charge in [-0.1, -0.05) is 54.6 Å². The molecule has 6 rings (SSSR count). The second-order valence-corrected chi connectivity index (χ2v) is 19.4. The second kappa shape index (κ2) is 22.7. The van der Waals surface area contributed by atoms with Crippen LogP contribution in [-0.4, -0.2) is 94.8 Å². The average Bonchev–Trinajstić information content (AvgIpc) is 3.97. The van der Waals surface area contributed by atoms with Crippen LogP contribution < -0.4 is 15.2 Å². The number of hydrogen-bond acceptors (Lipinski definition) is 13. The van der Waals surface area contributed by atoms with Crippen LogP contribution in [0.3, 0.4) is 0 Å². The Bertz CT molecular complexity index is 2630. The minimum atomic E-state index is -1.83. The van der Waals surface area contributed by atoms with Gasteiger partial charge in [0.1, 0.15) is 35.1 Å². The molecule has 2 aromatic heterocycles. The van der Waals surface area contributed by atoms with Crippen LogP contribution >= 0.6 is 8.53 Å². The number of ether oxygens (including phenoxy) is 5. The summed E-state index contributed by atoms with van der Waals surface area (Å²) >= 11 is 0. The van der Waals surface area contributed by atoms with E-state index in [2.05, 4.69) is 43.4 Å². The Morgan fingerprint density at radius 2 is 1.51 bits per heavy atom. The largest absolute Gasteiger partial charge is 0.497 e. The van der Waals surface area contributed by atoms with Gasteiger partial charge in [0.05, 0.1) is 51.0 Å². The Labute approximate surface area is 406 Å². The van der Waals surface area contributed by atoms with E-state index in [1.54, 1.807) is 71.3 Å². The molecule has 0 spiro atoms. The van der Waals surface area contributed by atoms with Crippen molar-refractivity contribution >= 4 is 26.3 Å². The summed E-state index contributed by atoms with van der Waals surface area (Å²) in [5.41, 5.74) is 0.517. The summed E-state index contributed by atoms with van der Waals surface area (Å²) in [5, 5.41) is 9.51. The molecule has 0 N–H and O–H groups in total. The topological polar surface area (TPSA) is 164 Å². The molecule has 17 heteroatoms. The Morgan fingerprint density at radius 3 is 2.04 bits per heavy atom. The van der Waals surface area contributed by atoms with E-state index in [-0.39, 0.29) is 44.0 Å². The quantitative estimate of drug-likeness (QED) is 0.0253. The molecule has 366 valence electrons. The molecule has 0 bridgehead atoms. The standard InChI is InChI=1S/C52H64N7O9P/c1-35(2)59(36(3)4)69(65-31-17-29-53)68-45-32-47(58-33-43(48(55-49(58)60)54-37(5)56(9)10)44-20-16-30-57(44)50(61)67-51(6,7)8)66-46(45)34-64-52(38-18-14-13-15-19-38,39-21-25-41(62-11)26-22-39)40-23-27-42(63-12)28-24-40/h13-16,18-28,30,33,35-36,47H,17,31-32,34H2,1-12H3/t47-,69?/m1/s1. The fourth-order valence-electron chi connectivity index (χ4n) is 7.78. The van der Waals surface area contributed by atoms with Gasteiger partial charge in [-0.05, 0) is 108 Å². The Kier molecular flexibility index (Phi) is 17.1. The zero-order chi connectivity index (χ0) is 50.0. The summed E-state index contributed by atoms with van der Waals surface area (Å²) in [6.45, 7) is 15.4. The van der Waals surface area contributed by atoms with Gasteiger partial charge in [0.25, 0.3) is 0 Å². The normalized spacial score (nSPS) is 14.8. The molecule has 0 saturated carbocycles. The predicted molar refractivity (Wildman–Crippen MR) is 266 cm³/mol. The van der Waals surface area contributed by atoms with Crippen molar-refractivity contribution in [1.29, 1.82) is 5.26 Å². The number of carbonyl (C=O) groups excluding carboxylic acids is 1. The van der Waals surface area contributed by atoms with Gasteiger partial charge in [0.2, 0.25) is 0 Å². The van der Waals surface area contributed by atoms with Gasteiger partial charge in [-0.15, -0.1) is 0 Å². The highest BCUT2D eigenvalue weighted by Crippen LogP contribution is 2.52. The molecule has 0 amide bonds. The number of aliphatic imine (C=N–C) groups is 1. The van der Waals surface area contributed by atoms with Crippen molar-refractivity contribution in [2.75, 3.05) is 41.5 Å². The van der Waals surface area contributed by atoms with E-state index in [0.717, 1.165) is 16.7 Å². The predicted octanol–water partition coefficient (Wildman–Crippen LogP) is 10.6. The van der Waals surface area contributed by atoms with Crippen molar-refractivity contribution in [3.63, 3.8) is 0 Å². The van der Waals surface area contributed by atoms with Crippen LogP contribution in [0.5, 0.6) is 11.5 Å². The summed E-state index contributed by atoms with van der Waals surface area (Å²) in [5.74, 6) is 2.71. The summed E-state index contributed by atoms with van der Waals surface area (Å²) in [6.07, 6.45) is 1.78. The first-order valence-corrected chi connectivity index (χ1v) is 23.9. The lowest BCUT2D eigenvalue weighted by atomic mass is 9.80. The van der Waals surface area contributed by atoms with Crippen LogP contribution in [0.25, 0.3) is 11.3 Å². The summed E-state index contributed by atoms with van der Waals surface area (Å²) in [6, 6.07) is 30.9. The highest BCUT2D eigenvalue weighted by atomic mass is 31.2. The van der Waals surface area contributed by atoms with Gasteiger partial charge >= 0.3 is 20.3 Å². The van der Waals surface area contributed by atoms with Crippen molar-refractivity contribution < 1.29 is 37.5 Å². The Morgan fingerprint density at radius 1 is 0.913 bits per heavy atom. The van der Waals surface area contributed by atoms with E-state index in [1.807, 2.05) is 93.0 Å². The van der Waals surface area contributed by atoms with Gasteiger partial charge < -0.3 is 37.6 Å². The van der Waals surface area contributed by atoms with Crippen molar-refractivity contribution in [2.45, 2.75) is 97.7 Å². The van der Waals surface area contributed by atoms with Crippen molar-refractivity contribution in [2.24, 2.45) is 4.99 Å². The Balaban J connectivity index is 1.53. The number of benzene rings is 3. The number of amidine groups is 1. The zero-order valence-corrected chi connectivity index (χ0v) is 42.5. The molecule has 1 aliphatic rings. The van der Waals surface area contributed by atoms with Crippen molar-refractivity contribution in [1.82, 2.24) is 23.7 Å². The number of hydrogen-bond donors (Lipinski definition) is 0. The van der Waals surface area contributed by atoms with E-state index in [1.165, 1.54) is 9.13 Å². The fourth-order valence-corrected chi connectivity index (χ4v) is 9.43. The van der Waals surface area contributed by atoms with Crippen LogP contribution in [0.1, 0.15) is 91.1 Å². The lowest BCUT2D eigenvalue weighted by Crippen LogP contribution is -2.34. The first kappa shape index (κ1) is 51.9. The molecule has 0 aliphatic carbocycles. The summed E-state index contributed by atoms with van der Waals surface area (Å²) in [4.78, 5) is 39.1. The number of aromatic nitrogens is 3. The molecular weight excluding hydrogens is 898 g/mol. The molecule has 16 nitrogen and oxygen atoms in total. The van der Waals surface area contributed by atoms with Gasteiger partial charge in [-0.2, -0.15) is 10.2 Å². The van der Waals surface area contributed by atoms with Gasteiger partial charge in [-0.3, -0.25) is 9.13 Å².